The molecule has 0 radical (unpaired) electrons. The highest BCUT2D eigenvalue weighted by molar-refractivity contribution is 5.67. The summed E-state index contributed by atoms with van der Waals surface area (Å²) in [4.78, 5) is 24.0. The van der Waals surface area contributed by atoms with E-state index in [1.54, 1.807) is 18.8 Å². The van der Waals surface area contributed by atoms with Crippen LogP contribution in [0.1, 0.15) is 80.6 Å². The van der Waals surface area contributed by atoms with E-state index < -0.39 is 23.8 Å². The Labute approximate surface area is 174 Å². The van der Waals surface area contributed by atoms with Crippen LogP contribution in [0.5, 0.6) is 0 Å². The van der Waals surface area contributed by atoms with Crippen molar-refractivity contribution in [3.05, 3.63) is 47.3 Å². The van der Waals surface area contributed by atoms with Gasteiger partial charge in [0, 0.05) is 36.3 Å². The first kappa shape index (κ1) is 19.4. The molecule has 7 nitrogen and oxygen atoms in total. The lowest BCUT2D eigenvalue weighted by Gasteiger charge is -2.51. The van der Waals surface area contributed by atoms with Crippen LogP contribution in [0.4, 0.5) is 0 Å². The molecule has 1 aliphatic heterocycles. The Hall–Kier alpha value is -2.54. The second kappa shape index (κ2) is 7.01. The van der Waals surface area contributed by atoms with Crippen LogP contribution in [-0.2, 0) is 30.2 Å². The molecule has 3 heterocycles. The van der Waals surface area contributed by atoms with Crippen molar-refractivity contribution < 1.29 is 32.6 Å². The number of carbonyl (C=O) groups is 2. The van der Waals surface area contributed by atoms with Gasteiger partial charge >= 0.3 is 11.9 Å². The Morgan fingerprint density at radius 3 is 2.67 bits per heavy atom. The summed E-state index contributed by atoms with van der Waals surface area (Å²) in [5.74, 6) is -0.0973. The fraction of sp³-hybridized carbons (Fsp3) is 0.565. The van der Waals surface area contributed by atoms with Gasteiger partial charge in [-0.25, -0.2) is 0 Å². The molecule has 0 N–H and O–H groups in total. The van der Waals surface area contributed by atoms with Gasteiger partial charge in [-0.15, -0.1) is 0 Å². The van der Waals surface area contributed by atoms with Crippen molar-refractivity contribution in [1.82, 2.24) is 0 Å². The minimum absolute atomic E-state index is 0.0954. The van der Waals surface area contributed by atoms with Gasteiger partial charge in [-0.05, 0) is 43.2 Å². The molecule has 160 valence electrons. The van der Waals surface area contributed by atoms with Gasteiger partial charge in [-0.1, -0.05) is 6.92 Å². The van der Waals surface area contributed by atoms with Gasteiger partial charge in [0.1, 0.15) is 5.76 Å². The molecular weight excluding hydrogens is 388 g/mol. The van der Waals surface area contributed by atoms with Crippen LogP contribution < -0.4 is 0 Å². The highest BCUT2D eigenvalue weighted by Crippen LogP contribution is 2.67. The minimum atomic E-state index is -0.748. The molecule has 6 atom stereocenters. The maximum Gasteiger partial charge on any atom is 0.304 e. The molecule has 0 saturated carbocycles. The summed E-state index contributed by atoms with van der Waals surface area (Å²) in [6, 6.07) is 1.88. The SMILES string of the molecule is CC(=O)OC1c2occ3c2C(CCC3)C2(CC(c3ccoc3)OC2OC(C)=O)C1C. The van der Waals surface area contributed by atoms with Crippen LogP contribution in [0.3, 0.4) is 0 Å². The number of aryl methyl sites for hydroxylation is 1. The van der Waals surface area contributed by atoms with Crippen LogP contribution >= 0.6 is 0 Å². The van der Waals surface area contributed by atoms with Crippen LogP contribution in [0.2, 0.25) is 0 Å². The Bertz CT molecular complexity index is 958. The van der Waals surface area contributed by atoms with Crippen molar-refractivity contribution >= 4 is 11.9 Å². The lowest BCUT2D eigenvalue weighted by atomic mass is 9.54. The molecule has 5 rings (SSSR count). The van der Waals surface area contributed by atoms with E-state index in [0.717, 1.165) is 41.7 Å². The zero-order valence-electron chi connectivity index (χ0n) is 17.4. The maximum atomic E-state index is 12.0. The predicted molar refractivity (Wildman–Crippen MR) is 103 cm³/mol. The Kier molecular flexibility index (Phi) is 4.54. The van der Waals surface area contributed by atoms with Gasteiger partial charge in [0.15, 0.2) is 6.10 Å². The van der Waals surface area contributed by atoms with Gasteiger partial charge in [-0.2, -0.15) is 0 Å². The summed E-state index contributed by atoms with van der Waals surface area (Å²) in [6.07, 6.45) is 7.03. The van der Waals surface area contributed by atoms with E-state index in [1.807, 2.05) is 13.0 Å². The second-order valence-electron chi connectivity index (χ2n) is 8.74. The van der Waals surface area contributed by atoms with Crippen molar-refractivity contribution in [2.75, 3.05) is 0 Å². The molecule has 0 bridgehead atoms. The van der Waals surface area contributed by atoms with Gasteiger partial charge in [0.05, 0.1) is 24.9 Å². The molecule has 1 saturated heterocycles. The number of hydrogen-bond donors (Lipinski definition) is 0. The van der Waals surface area contributed by atoms with E-state index in [4.69, 9.17) is 23.0 Å². The number of rotatable bonds is 3. The normalized spacial score (nSPS) is 34.6. The number of fused-ring (bicyclic) bond motifs is 1. The lowest BCUT2D eigenvalue weighted by Crippen LogP contribution is -2.50. The van der Waals surface area contributed by atoms with E-state index in [2.05, 4.69) is 0 Å². The van der Waals surface area contributed by atoms with E-state index in [1.165, 1.54) is 13.8 Å². The molecule has 30 heavy (non-hydrogen) atoms. The minimum Gasteiger partial charge on any atom is -0.472 e. The summed E-state index contributed by atoms with van der Waals surface area (Å²) in [5, 5.41) is 0. The number of carbonyl (C=O) groups excluding carboxylic acids is 2. The summed E-state index contributed by atoms with van der Waals surface area (Å²) in [5.41, 5.74) is 2.63. The first-order valence-corrected chi connectivity index (χ1v) is 10.5. The van der Waals surface area contributed by atoms with Crippen molar-refractivity contribution in [3.8, 4) is 0 Å². The summed E-state index contributed by atoms with van der Waals surface area (Å²) in [7, 11) is 0. The van der Waals surface area contributed by atoms with Crippen LogP contribution in [0, 0.1) is 11.3 Å². The van der Waals surface area contributed by atoms with Gasteiger partial charge in [0.2, 0.25) is 6.29 Å². The fourth-order valence-electron chi connectivity index (χ4n) is 5.96. The number of hydrogen-bond acceptors (Lipinski definition) is 7. The summed E-state index contributed by atoms with van der Waals surface area (Å²) >= 11 is 0. The first-order valence-electron chi connectivity index (χ1n) is 10.5. The van der Waals surface area contributed by atoms with E-state index >= 15 is 0 Å². The number of furan rings is 2. The maximum absolute atomic E-state index is 12.0. The molecule has 2 aromatic heterocycles. The third kappa shape index (κ3) is 2.75. The zero-order chi connectivity index (χ0) is 21.0. The molecule has 7 heteroatoms. The van der Waals surface area contributed by atoms with Gasteiger partial charge in [0.25, 0.3) is 0 Å². The Balaban J connectivity index is 1.66. The van der Waals surface area contributed by atoms with Crippen molar-refractivity contribution in [2.24, 2.45) is 11.3 Å². The summed E-state index contributed by atoms with van der Waals surface area (Å²) < 4.78 is 29.1. The molecule has 1 fully saturated rings. The summed E-state index contributed by atoms with van der Waals surface area (Å²) in [6.45, 7) is 4.85. The average molecular weight is 414 g/mol. The van der Waals surface area contributed by atoms with E-state index in [0.29, 0.717) is 6.42 Å². The van der Waals surface area contributed by atoms with Crippen LogP contribution in [-0.4, -0.2) is 18.2 Å². The fourth-order valence-corrected chi connectivity index (χ4v) is 5.96. The largest absolute Gasteiger partial charge is 0.472 e. The van der Waals surface area contributed by atoms with Gasteiger partial charge in [-0.3, -0.25) is 9.59 Å². The molecule has 2 aromatic rings. The monoisotopic (exact) mass is 414 g/mol. The topological polar surface area (TPSA) is 88.1 Å². The molecule has 0 aromatic carbocycles. The molecule has 1 spiro atoms. The third-order valence-electron chi connectivity index (χ3n) is 7.18. The highest BCUT2D eigenvalue weighted by atomic mass is 16.7. The van der Waals surface area contributed by atoms with E-state index in [-0.39, 0.29) is 23.9 Å². The molecular formula is C23H26O7. The smallest absolute Gasteiger partial charge is 0.304 e. The first-order chi connectivity index (χ1) is 14.4. The highest BCUT2D eigenvalue weighted by Gasteiger charge is 2.65. The average Bonchev–Trinajstić information content (AvgIpc) is 3.42. The van der Waals surface area contributed by atoms with Crippen molar-refractivity contribution in [1.29, 1.82) is 0 Å². The molecule has 2 aliphatic carbocycles. The number of ether oxygens (including phenoxy) is 3. The standard InChI is InChI=1S/C23H26O7/c1-12-20(28-13(2)24)21-19-16(11-27-21)5-4-6-17(19)23(12)9-18(15-7-8-26-10-15)30-22(23)29-14(3)25/h7-8,10-12,17-18,20,22H,4-6,9H2,1-3H3. The van der Waals surface area contributed by atoms with Crippen molar-refractivity contribution in [2.45, 2.75) is 70.9 Å². The predicted octanol–water partition coefficient (Wildman–Crippen LogP) is 4.58. The van der Waals surface area contributed by atoms with Gasteiger partial charge < -0.3 is 23.0 Å². The Morgan fingerprint density at radius 1 is 1.17 bits per heavy atom. The quantitative estimate of drug-likeness (QED) is 0.679. The lowest BCUT2D eigenvalue weighted by molar-refractivity contribution is -0.213. The van der Waals surface area contributed by atoms with Crippen LogP contribution in [0.25, 0.3) is 0 Å². The van der Waals surface area contributed by atoms with Crippen molar-refractivity contribution in [3.63, 3.8) is 0 Å². The Morgan fingerprint density at radius 2 is 1.97 bits per heavy atom. The third-order valence-corrected chi connectivity index (χ3v) is 7.18. The molecule has 3 aliphatic rings. The zero-order valence-corrected chi connectivity index (χ0v) is 17.4. The molecule has 0 amide bonds. The second-order valence-corrected chi connectivity index (χ2v) is 8.74. The van der Waals surface area contributed by atoms with E-state index in [9.17, 15) is 9.59 Å². The molecule has 6 unspecified atom stereocenters. The van der Waals surface area contributed by atoms with Crippen LogP contribution in [0.15, 0.2) is 33.7 Å². The number of esters is 2.